The molecule has 4 N–H and O–H groups in total. The van der Waals surface area contributed by atoms with Crippen molar-refractivity contribution >= 4 is 11.8 Å². The number of aromatic nitrogens is 4. The Bertz CT molecular complexity index is 555. The van der Waals surface area contributed by atoms with Gasteiger partial charge in [0.25, 0.3) is 0 Å². The number of nitrogens with zero attached hydrogens (tertiary/aromatic N) is 3. The molecule has 2 aromatic rings. The van der Waals surface area contributed by atoms with Gasteiger partial charge in [-0.3, -0.25) is 9.59 Å². The lowest BCUT2D eigenvalue weighted by molar-refractivity contribution is -0.131. The maximum atomic E-state index is 12.4. The molecular weight excluding hydrogens is 296 g/mol. The smallest absolute Gasteiger partial charge is 0.222 e. The van der Waals surface area contributed by atoms with Gasteiger partial charge in [0.15, 0.2) is 0 Å². The van der Waals surface area contributed by atoms with Gasteiger partial charge in [0.1, 0.15) is 11.6 Å². The largest absolute Gasteiger partial charge is 0.370 e. The predicted octanol–water partition coefficient (Wildman–Crippen LogP) is 0.402. The Kier molecular flexibility index (Phi) is 6.34. The molecule has 23 heavy (non-hydrogen) atoms. The van der Waals surface area contributed by atoms with Gasteiger partial charge in [0.05, 0.1) is 0 Å². The van der Waals surface area contributed by atoms with E-state index in [2.05, 4.69) is 19.9 Å². The molecule has 0 atom stereocenters. The van der Waals surface area contributed by atoms with Gasteiger partial charge in [0.2, 0.25) is 11.8 Å². The summed E-state index contributed by atoms with van der Waals surface area (Å²) < 4.78 is 0. The van der Waals surface area contributed by atoms with E-state index >= 15 is 0 Å². The van der Waals surface area contributed by atoms with Gasteiger partial charge < -0.3 is 20.6 Å². The van der Waals surface area contributed by atoms with Crippen molar-refractivity contribution in [1.29, 1.82) is 0 Å². The van der Waals surface area contributed by atoms with E-state index in [4.69, 9.17) is 5.73 Å². The molecule has 0 aliphatic heterocycles. The van der Waals surface area contributed by atoms with Crippen molar-refractivity contribution < 1.29 is 9.59 Å². The number of hydrogen-bond donors (Lipinski definition) is 3. The summed E-state index contributed by atoms with van der Waals surface area (Å²) in [6, 6.07) is 0. The summed E-state index contributed by atoms with van der Waals surface area (Å²) in [7, 11) is 0. The Morgan fingerprint density at radius 3 is 2.00 bits per heavy atom. The highest BCUT2D eigenvalue weighted by Gasteiger charge is 2.14. The summed E-state index contributed by atoms with van der Waals surface area (Å²) >= 11 is 0. The fourth-order valence-corrected chi connectivity index (χ4v) is 2.28. The molecule has 0 unspecified atom stereocenters. The fraction of sp³-hybridized carbons (Fsp3) is 0.467. The number of H-pyrrole nitrogens is 2. The van der Waals surface area contributed by atoms with Gasteiger partial charge in [-0.15, -0.1) is 0 Å². The highest BCUT2D eigenvalue weighted by Crippen LogP contribution is 2.05. The topological polar surface area (TPSA) is 121 Å². The Hall–Kier alpha value is -2.64. The molecule has 124 valence electrons. The van der Waals surface area contributed by atoms with Crippen LogP contribution in [0.3, 0.4) is 0 Å². The number of hydrogen-bond acceptors (Lipinski definition) is 4. The molecule has 0 aromatic carbocycles. The van der Waals surface area contributed by atoms with E-state index < -0.39 is 0 Å². The van der Waals surface area contributed by atoms with Crippen molar-refractivity contribution in [3.63, 3.8) is 0 Å². The van der Waals surface area contributed by atoms with E-state index in [1.165, 1.54) is 0 Å². The normalized spacial score (nSPS) is 10.6. The van der Waals surface area contributed by atoms with Crippen molar-refractivity contribution in [2.45, 2.75) is 32.1 Å². The Morgan fingerprint density at radius 1 is 1.00 bits per heavy atom. The van der Waals surface area contributed by atoms with E-state index in [1.54, 1.807) is 29.7 Å². The van der Waals surface area contributed by atoms with Crippen molar-refractivity contribution in [1.82, 2.24) is 24.8 Å². The van der Waals surface area contributed by atoms with Crippen LogP contribution in [-0.4, -0.2) is 49.7 Å². The first kappa shape index (κ1) is 16.7. The number of nitrogens with one attached hydrogen (secondary N) is 2. The fourth-order valence-electron chi connectivity index (χ4n) is 2.28. The van der Waals surface area contributed by atoms with Crippen LogP contribution in [0.15, 0.2) is 24.8 Å². The van der Waals surface area contributed by atoms with Crippen molar-refractivity contribution in [3.05, 3.63) is 36.4 Å². The van der Waals surface area contributed by atoms with Crippen molar-refractivity contribution in [3.8, 4) is 0 Å². The van der Waals surface area contributed by atoms with Crippen LogP contribution in [-0.2, 0) is 22.4 Å². The van der Waals surface area contributed by atoms with Crippen LogP contribution in [0.5, 0.6) is 0 Å². The maximum Gasteiger partial charge on any atom is 0.222 e. The highest BCUT2D eigenvalue weighted by molar-refractivity contribution is 5.78. The maximum absolute atomic E-state index is 12.4. The molecule has 0 saturated heterocycles. The average Bonchev–Trinajstić information content (AvgIpc) is 3.20. The van der Waals surface area contributed by atoms with Gasteiger partial charge in [0, 0.05) is 63.6 Å². The van der Waals surface area contributed by atoms with Gasteiger partial charge in [-0.25, -0.2) is 9.97 Å². The molecule has 2 amide bonds. The SMILES string of the molecule is NC(=O)CCCC(=O)N(CCc1ncc[nH]1)CCc1ncc[nH]1. The van der Waals surface area contributed by atoms with Crippen molar-refractivity contribution in [2.24, 2.45) is 5.73 Å². The monoisotopic (exact) mass is 318 g/mol. The van der Waals surface area contributed by atoms with E-state index in [1.807, 2.05) is 0 Å². The minimum Gasteiger partial charge on any atom is -0.370 e. The predicted molar refractivity (Wildman–Crippen MR) is 84.2 cm³/mol. The Balaban J connectivity index is 1.86. The van der Waals surface area contributed by atoms with Crippen LogP contribution < -0.4 is 5.73 Å². The quantitative estimate of drug-likeness (QED) is 0.587. The Morgan fingerprint density at radius 2 is 1.57 bits per heavy atom. The van der Waals surface area contributed by atoms with Gasteiger partial charge >= 0.3 is 0 Å². The third kappa shape index (κ3) is 5.93. The number of rotatable bonds is 10. The molecule has 8 heteroatoms. The number of imidazole rings is 2. The Labute approximate surface area is 134 Å². The number of carbonyl (C=O) groups excluding carboxylic acids is 2. The van der Waals surface area contributed by atoms with Crippen LogP contribution in [0.2, 0.25) is 0 Å². The lowest BCUT2D eigenvalue weighted by Crippen LogP contribution is -2.35. The number of nitrogens with two attached hydrogens (primary N) is 1. The number of carbonyl (C=O) groups is 2. The summed E-state index contributed by atoms with van der Waals surface area (Å²) in [4.78, 5) is 39.3. The van der Waals surface area contributed by atoms with E-state index in [9.17, 15) is 9.59 Å². The third-order valence-corrected chi connectivity index (χ3v) is 3.51. The first-order chi connectivity index (χ1) is 11.1. The second kappa shape index (κ2) is 8.72. The summed E-state index contributed by atoms with van der Waals surface area (Å²) in [5.74, 6) is 1.33. The zero-order valence-electron chi connectivity index (χ0n) is 13.0. The summed E-state index contributed by atoms with van der Waals surface area (Å²) in [5.41, 5.74) is 5.11. The lowest BCUT2D eigenvalue weighted by atomic mass is 10.2. The van der Waals surface area contributed by atoms with Crippen LogP contribution in [0.4, 0.5) is 0 Å². The molecule has 0 saturated carbocycles. The first-order valence-electron chi connectivity index (χ1n) is 7.67. The van der Waals surface area contributed by atoms with E-state index in [0.29, 0.717) is 38.8 Å². The van der Waals surface area contributed by atoms with Gasteiger partial charge in [-0.1, -0.05) is 0 Å². The first-order valence-corrected chi connectivity index (χ1v) is 7.67. The summed E-state index contributed by atoms with van der Waals surface area (Å²) in [5, 5.41) is 0. The zero-order chi connectivity index (χ0) is 16.5. The molecule has 0 radical (unpaired) electrons. The molecule has 2 rings (SSSR count). The number of primary amides is 1. The molecule has 0 aliphatic rings. The number of aromatic amines is 2. The second-order valence-electron chi connectivity index (χ2n) is 5.27. The molecule has 0 fully saturated rings. The molecular formula is C15H22N6O2. The standard InChI is InChI=1S/C15H22N6O2/c16-12(22)2-1-3-15(23)21(10-4-13-17-6-7-18-13)11-5-14-19-8-9-20-14/h6-9H,1-5,10-11H2,(H2,16,22)(H,17,18)(H,19,20). The van der Waals surface area contributed by atoms with E-state index in [-0.39, 0.29) is 18.2 Å². The van der Waals surface area contributed by atoms with Crippen LogP contribution >= 0.6 is 0 Å². The number of amides is 2. The minimum absolute atomic E-state index is 0.0179. The minimum atomic E-state index is -0.379. The molecule has 2 aromatic heterocycles. The third-order valence-electron chi connectivity index (χ3n) is 3.51. The molecule has 8 nitrogen and oxygen atoms in total. The van der Waals surface area contributed by atoms with Crippen molar-refractivity contribution in [2.75, 3.05) is 13.1 Å². The summed E-state index contributed by atoms with van der Waals surface area (Å²) in [6.07, 6.45) is 9.25. The summed E-state index contributed by atoms with van der Waals surface area (Å²) in [6.45, 7) is 1.15. The second-order valence-corrected chi connectivity index (χ2v) is 5.27. The van der Waals surface area contributed by atoms with Gasteiger partial charge in [-0.05, 0) is 6.42 Å². The van der Waals surface area contributed by atoms with Crippen LogP contribution in [0, 0.1) is 0 Å². The highest BCUT2D eigenvalue weighted by atomic mass is 16.2. The molecule has 0 spiro atoms. The van der Waals surface area contributed by atoms with E-state index in [0.717, 1.165) is 11.6 Å². The molecule has 0 bridgehead atoms. The zero-order valence-corrected chi connectivity index (χ0v) is 13.0. The molecule has 0 aliphatic carbocycles. The van der Waals surface area contributed by atoms with Crippen LogP contribution in [0.25, 0.3) is 0 Å². The van der Waals surface area contributed by atoms with Gasteiger partial charge in [-0.2, -0.15) is 0 Å². The average molecular weight is 318 g/mol. The molecule has 2 heterocycles. The lowest BCUT2D eigenvalue weighted by Gasteiger charge is -2.22. The van der Waals surface area contributed by atoms with Crippen LogP contribution in [0.1, 0.15) is 30.9 Å².